The Morgan fingerprint density at radius 1 is 1.19 bits per heavy atom. The number of nitrogens with one attached hydrogen (secondary N) is 1. The van der Waals surface area contributed by atoms with E-state index in [4.69, 9.17) is 4.74 Å². The molecule has 0 atom stereocenters. The third-order valence-corrected chi connectivity index (χ3v) is 2.62. The van der Waals surface area contributed by atoms with Crippen molar-refractivity contribution in [2.24, 2.45) is 0 Å². The van der Waals surface area contributed by atoms with Crippen LogP contribution in [0.2, 0.25) is 0 Å². The van der Waals surface area contributed by atoms with Crippen molar-refractivity contribution in [3.05, 3.63) is 29.8 Å². The van der Waals surface area contributed by atoms with E-state index in [1.807, 2.05) is 33.0 Å². The molecule has 0 unspecified atom stereocenters. The number of likely N-dealkylation sites (N-methyl/N-ethyl adjacent to an activating group) is 1. The van der Waals surface area contributed by atoms with Gasteiger partial charge >= 0.3 is 0 Å². The highest BCUT2D eigenvalue weighted by Gasteiger charge is 2.14. The van der Waals surface area contributed by atoms with Gasteiger partial charge in [-0.1, -0.05) is 12.1 Å². The van der Waals surface area contributed by atoms with E-state index < -0.39 is 0 Å². The molecule has 0 radical (unpaired) electrons. The van der Waals surface area contributed by atoms with Crippen LogP contribution < -0.4 is 10.1 Å². The highest BCUT2D eigenvalue weighted by atomic mass is 16.5. The van der Waals surface area contributed by atoms with Gasteiger partial charge in [0.2, 0.25) is 0 Å². The predicted octanol–water partition coefficient (Wildman–Crippen LogP) is 3.01. The van der Waals surface area contributed by atoms with Crippen molar-refractivity contribution in [3.63, 3.8) is 0 Å². The van der Waals surface area contributed by atoms with Gasteiger partial charge in [0, 0.05) is 5.54 Å². The summed E-state index contributed by atoms with van der Waals surface area (Å²) in [7, 11) is 2.00. The fourth-order valence-electron chi connectivity index (χ4n) is 1.56. The third kappa shape index (κ3) is 4.23. The van der Waals surface area contributed by atoms with E-state index in [2.05, 4.69) is 31.3 Å². The summed E-state index contributed by atoms with van der Waals surface area (Å²) in [5, 5.41) is 3.31. The first-order valence-electron chi connectivity index (χ1n) is 5.87. The molecule has 90 valence electrons. The van der Waals surface area contributed by atoms with E-state index >= 15 is 0 Å². The first kappa shape index (κ1) is 13.0. The first-order chi connectivity index (χ1) is 7.43. The van der Waals surface area contributed by atoms with Crippen LogP contribution in [0.25, 0.3) is 0 Å². The minimum absolute atomic E-state index is 0.139. The highest BCUT2D eigenvalue weighted by Crippen LogP contribution is 2.17. The summed E-state index contributed by atoms with van der Waals surface area (Å²) >= 11 is 0. The molecule has 1 aromatic carbocycles. The Labute approximate surface area is 99.0 Å². The zero-order chi connectivity index (χ0) is 12.2. The third-order valence-electron chi connectivity index (χ3n) is 2.62. The van der Waals surface area contributed by atoms with Gasteiger partial charge in [-0.2, -0.15) is 0 Å². The summed E-state index contributed by atoms with van der Waals surface area (Å²) in [5.74, 6) is 0.945. The quantitative estimate of drug-likeness (QED) is 0.825. The average molecular weight is 221 g/mol. The van der Waals surface area contributed by atoms with Crippen LogP contribution >= 0.6 is 0 Å². The maximum Gasteiger partial charge on any atom is 0.119 e. The Morgan fingerprint density at radius 3 is 2.19 bits per heavy atom. The monoisotopic (exact) mass is 221 g/mol. The van der Waals surface area contributed by atoms with E-state index in [9.17, 15) is 0 Å². The van der Waals surface area contributed by atoms with Gasteiger partial charge in [-0.15, -0.1) is 0 Å². The topological polar surface area (TPSA) is 21.3 Å². The Balaban J connectivity index is 2.64. The standard InChI is InChI=1S/C14H23NO/c1-11(2)16-13-8-6-12(7-9-13)10-14(3,4)15-5/h6-9,11,15H,10H2,1-5H3. The second kappa shape index (κ2) is 5.35. The van der Waals surface area contributed by atoms with Crippen molar-refractivity contribution in [2.75, 3.05) is 7.05 Å². The van der Waals surface area contributed by atoms with E-state index in [-0.39, 0.29) is 11.6 Å². The Hall–Kier alpha value is -1.02. The average Bonchev–Trinajstić information content (AvgIpc) is 2.20. The normalized spacial score (nSPS) is 11.9. The summed E-state index contributed by atoms with van der Waals surface area (Å²) in [6.45, 7) is 8.48. The minimum atomic E-state index is 0.139. The zero-order valence-electron chi connectivity index (χ0n) is 11.0. The van der Waals surface area contributed by atoms with Gasteiger partial charge in [0.05, 0.1) is 6.10 Å². The summed E-state index contributed by atoms with van der Waals surface area (Å²) in [6, 6.07) is 8.36. The summed E-state index contributed by atoms with van der Waals surface area (Å²) in [5.41, 5.74) is 1.47. The van der Waals surface area contributed by atoms with Crippen LogP contribution in [-0.2, 0) is 6.42 Å². The van der Waals surface area contributed by atoms with Gasteiger partial charge in [0.15, 0.2) is 0 Å². The molecular formula is C14H23NO. The van der Waals surface area contributed by atoms with Crippen LogP contribution in [0.5, 0.6) is 5.75 Å². The van der Waals surface area contributed by atoms with Crippen LogP contribution in [-0.4, -0.2) is 18.7 Å². The van der Waals surface area contributed by atoms with Gasteiger partial charge < -0.3 is 10.1 Å². The molecule has 0 aromatic heterocycles. The van der Waals surface area contributed by atoms with Crippen molar-refractivity contribution in [2.45, 2.75) is 45.8 Å². The molecule has 0 amide bonds. The molecule has 1 aromatic rings. The van der Waals surface area contributed by atoms with E-state index in [0.29, 0.717) is 0 Å². The minimum Gasteiger partial charge on any atom is -0.491 e. The molecule has 0 aliphatic rings. The van der Waals surface area contributed by atoms with Crippen molar-refractivity contribution in [3.8, 4) is 5.75 Å². The molecule has 16 heavy (non-hydrogen) atoms. The van der Waals surface area contributed by atoms with Crippen molar-refractivity contribution < 1.29 is 4.74 Å². The molecule has 0 saturated heterocycles. The van der Waals surface area contributed by atoms with Gasteiger partial charge in [-0.05, 0) is 58.9 Å². The maximum absolute atomic E-state index is 5.61. The smallest absolute Gasteiger partial charge is 0.119 e. The van der Waals surface area contributed by atoms with Crippen LogP contribution in [0.1, 0.15) is 33.3 Å². The molecule has 0 bridgehead atoms. The molecule has 1 rings (SSSR count). The lowest BCUT2D eigenvalue weighted by atomic mass is 9.95. The summed E-state index contributed by atoms with van der Waals surface area (Å²) in [6.07, 6.45) is 1.26. The molecule has 0 aliphatic carbocycles. The molecule has 0 saturated carbocycles. The van der Waals surface area contributed by atoms with Gasteiger partial charge in [0.25, 0.3) is 0 Å². The largest absolute Gasteiger partial charge is 0.491 e. The molecule has 0 aliphatic heterocycles. The van der Waals surface area contributed by atoms with E-state index in [1.54, 1.807) is 0 Å². The molecule has 2 nitrogen and oxygen atoms in total. The second-order valence-corrected chi connectivity index (χ2v) is 5.12. The van der Waals surface area contributed by atoms with Crippen LogP contribution in [0.4, 0.5) is 0 Å². The number of ether oxygens (including phenoxy) is 1. The van der Waals surface area contributed by atoms with Gasteiger partial charge in [-0.3, -0.25) is 0 Å². The molecular weight excluding hydrogens is 198 g/mol. The lowest BCUT2D eigenvalue weighted by Crippen LogP contribution is -2.38. The van der Waals surface area contributed by atoms with Gasteiger partial charge in [-0.25, -0.2) is 0 Å². The Kier molecular flexibility index (Phi) is 4.36. The zero-order valence-corrected chi connectivity index (χ0v) is 11.0. The predicted molar refractivity (Wildman–Crippen MR) is 69.0 cm³/mol. The van der Waals surface area contributed by atoms with E-state index in [1.165, 1.54) is 5.56 Å². The Morgan fingerprint density at radius 2 is 1.75 bits per heavy atom. The molecule has 1 N–H and O–H groups in total. The maximum atomic E-state index is 5.61. The van der Waals surface area contributed by atoms with E-state index in [0.717, 1.165) is 12.2 Å². The molecule has 0 fully saturated rings. The summed E-state index contributed by atoms with van der Waals surface area (Å²) < 4.78 is 5.61. The number of hydrogen-bond acceptors (Lipinski definition) is 2. The van der Waals surface area contributed by atoms with Crippen molar-refractivity contribution in [1.82, 2.24) is 5.32 Å². The molecule has 0 spiro atoms. The van der Waals surface area contributed by atoms with Crippen LogP contribution in [0, 0.1) is 0 Å². The number of benzene rings is 1. The van der Waals surface area contributed by atoms with Crippen molar-refractivity contribution in [1.29, 1.82) is 0 Å². The summed E-state index contributed by atoms with van der Waals surface area (Å²) in [4.78, 5) is 0. The van der Waals surface area contributed by atoms with Crippen LogP contribution in [0.3, 0.4) is 0 Å². The van der Waals surface area contributed by atoms with Crippen LogP contribution in [0.15, 0.2) is 24.3 Å². The highest BCUT2D eigenvalue weighted by molar-refractivity contribution is 5.28. The fourth-order valence-corrected chi connectivity index (χ4v) is 1.56. The molecule has 0 heterocycles. The number of rotatable bonds is 5. The number of hydrogen-bond donors (Lipinski definition) is 1. The fraction of sp³-hybridized carbons (Fsp3) is 0.571. The lowest BCUT2D eigenvalue weighted by molar-refractivity contribution is 0.242. The van der Waals surface area contributed by atoms with Gasteiger partial charge in [0.1, 0.15) is 5.75 Å². The molecule has 2 heteroatoms. The second-order valence-electron chi connectivity index (χ2n) is 5.12. The SMILES string of the molecule is CNC(C)(C)Cc1ccc(OC(C)C)cc1. The van der Waals surface area contributed by atoms with Crippen molar-refractivity contribution >= 4 is 0 Å². The Bertz CT molecular complexity index is 314. The first-order valence-corrected chi connectivity index (χ1v) is 5.87. The lowest BCUT2D eigenvalue weighted by Gasteiger charge is -2.24.